The van der Waals surface area contributed by atoms with E-state index < -0.39 is 0 Å². The third kappa shape index (κ3) is 5.50. The van der Waals surface area contributed by atoms with Gasteiger partial charge in [-0.05, 0) is 24.9 Å². The first-order valence-corrected chi connectivity index (χ1v) is 6.12. The van der Waals surface area contributed by atoms with E-state index in [4.69, 9.17) is 4.74 Å². The summed E-state index contributed by atoms with van der Waals surface area (Å²) in [5.74, 6) is 1.38. The van der Waals surface area contributed by atoms with Crippen LogP contribution in [0.25, 0.3) is 0 Å². The molecule has 0 atom stereocenters. The van der Waals surface area contributed by atoms with Crippen LogP contribution < -0.4 is 10.1 Å². The van der Waals surface area contributed by atoms with E-state index >= 15 is 0 Å². The summed E-state index contributed by atoms with van der Waals surface area (Å²) in [6, 6.07) is 3.98. The van der Waals surface area contributed by atoms with Crippen LogP contribution in [0.2, 0.25) is 0 Å². The van der Waals surface area contributed by atoms with E-state index in [1.807, 2.05) is 18.2 Å². The second kappa shape index (κ2) is 7.85. The second-order valence-electron chi connectivity index (χ2n) is 4.42. The summed E-state index contributed by atoms with van der Waals surface area (Å²) < 4.78 is 5.61. The summed E-state index contributed by atoms with van der Waals surface area (Å²) in [5.41, 5.74) is 1.11. The Labute approximate surface area is 104 Å². The zero-order valence-corrected chi connectivity index (χ0v) is 10.8. The highest BCUT2D eigenvalue weighted by Gasteiger charge is 2.04. The number of ether oxygens (including phenoxy) is 1. The normalized spacial score (nSPS) is 10.5. The number of nitrogens with zero attached hydrogens (tertiary/aromatic N) is 1. The van der Waals surface area contributed by atoms with Crippen LogP contribution in [0.15, 0.2) is 31.0 Å². The Morgan fingerprint density at radius 2 is 2.35 bits per heavy atom. The largest absolute Gasteiger partial charge is 0.477 e. The average molecular weight is 234 g/mol. The molecule has 0 aliphatic carbocycles. The molecule has 0 spiro atoms. The summed E-state index contributed by atoms with van der Waals surface area (Å²) in [6.45, 7) is 10.5. The quantitative estimate of drug-likeness (QED) is 0.555. The van der Waals surface area contributed by atoms with E-state index in [1.54, 1.807) is 6.20 Å². The molecule has 94 valence electrons. The van der Waals surface area contributed by atoms with Gasteiger partial charge in [0.15, 0.2) is 0 Å². The molecule has 1 heterocycles. The van der Waals surface area contributed by atoms with Crippen molar-refractivity contribution in [2.45, 2.75) is 26.8 Å². The van der Waals surface area contributed by atoms with E-state index in [2.05, 4.69) is 30.7 Å². The molecule has 1 aromatic heterocycles. The molecule has 0 saturated heterocycles. The Kier molecular flexibility index (Phi) is 6.33. The van der Waals surface area contributed by atoms with Crippen LogP contribution in [-0.4, -0.2) is 18.1 Å². The van der Waals surface area contributed by atoms with E-state index in [-0.39, 0.29) is 0 Å². The van der Waals surface area contributed by atoms with Gasteiger partial charge in [0.05, 0.1) is 6.61 Å². The smallest absolute Gasteiger partial charge is 0.217 e. The molecule has 0 fully saturated rings. The van der Waals surface area contributed by atoms with E-state index in [9.17, 15) is 0 Å². The lowest BCUT2D eigenvalue weighted by atomic mass is 10.2. The zero-order chi connectivity index (χ0) is 12.5. The van der Waals surface area contributed by atoms with Gasteiger partial charge in [-0.2, -0.15) is 0 Å². The van der Waals surface area contributed by atoms with E-state index in [0.717, 1.165) is 31.0 Å². The lowest BCUT2D eigenvalue weighted by molar-refractivity contribution is 0.307. The van der Waals surface area contributed by atoms with Crippen LogP contribution >= 0.6 is 0 Å². The second-order valence-corrected chi connectivity index (χ2v) is 4.42. The van der Waals surface area contributed by atoms with Crippen LogP contribution in [0.1, 0.15) is 25.8 Å². The summed E-state index contributed by atoms with van der Waals surface area (Å²) in [5, 5.41) is 3.39. The summed E-state index contributed by atoms with van der Waals surface area (Å²) in [6.07, 6.45) is 4.45. The lowest BCUT2D eigenvalue weighted by Crippen LogP contribution is -2.19. The highest BCUT2D eigenvalue weighted by atomic mass is 16.5. The van der Waals surface area contributed by atoms with Gasteiger partial charge in [0.2, 0.25) is 5.88 Å². The van der Waals surface area contributed by atoms with Crippen molar-refractivity contribution in [3.63, 3.8) is 0 Å². The number of pyridine rings is 1. The van der Waals surface area contributed by atoms with Gasteiger partial charge in [-0.3, -0.25) is 0 Å². The highest BCUT2D eigenvalue weighted by molar-refractivity contribution is 5.25. The Morgan fingerprint density at radius 3 is 3.06 bits per heavy atom. The fourth-order valence-corrected chi connectivity index (χ4v) is 1.42. The van der Waals surface area contributed by atoms with Crippen LogP contribution in [-0.2, 0) is 6.54 Å². The van der Waals surface area contributed by atoms with Gasteiger partial charge < -0.3 is 10.1 Å². The Hall–Kier alpha value is -1.35. The fourth-order valence-electron chi connectivity index (χ4n) is 1.42. The molecule has 1 N–H and O–H groups in total. The topological polar surface area (TPSA) is 34.1 Å². The van der Waals surface area contributed by atoms with Crippen molar-refractivity contribution in [1.82, 2.24) is 10.3 Å². The van der Waals surface area contributed by atoms with E-state index in [0.29, 0.717) is 12.5 Å². The van der Waals surface area contributed by atoms with Crippen molar-refractivity contribution in [2.75, 3.05) is 13.2 Å². The molecule has 0 unspecified atom stereocenters. The van der Waals surface area contributed by atoms with Crippen LogP contribution in [0, 0.1) is 5.92 Å². The SMILES string of the molecule is C=CCCOc1ncccc1CNCC(C)C. The first kappa shape index (κ1) is 13.7. The fraction of sp³-hybridized carbons (Fsp3) is 0.500. The van der Waals surface area contributed by atoms with Crippen molar-refractivity contribution in [2.24, 2.45) is 5.92 Å². The molecular weight excluding hydrogens is 212 g/mol. The summed E-state index contributed by atoms with van der Waals surface area (Å²) in [7, 11) is 0. The first-order chi connectivity index (χ1) is 8.24. The summed E-state index contributed by atoms with van der Waals surface area (Å²) >= 11 is 0. The maximum Gasteiger partial charge on any atom is 0.217 e. The van der Waals surface area contributed by atoms with Gasteiger partial charge in [0.1, 0.15) is 0 Å². The first-order valence-electron chi connectivity index (χ1n) is 6.12. The minimum Gasteiger partial charge on any atom is -0.477 e. The van der Waals surface area contributed by atoms with Gasteiger partial charge in [0, 0.05) is 18.3 Å². The Balaban J connectivity index is 2.48. The molecule has 0 aliphatic rings. The van der Waals surface area contributed by atoms with Gasteiger partial charge in [-0.15, -0.1) is 6.58 Å². The molecule has 0 saturated carbocycles. The molecule has 0 aliphatic heterocycles. The molecule has 3 nitrogen and oxygen atoms in total. The number of aromatic nitrogens is 1. The van der Waals surface area contributed by atoms with Crippen molar-refractivity contribution in [3.05, 3.63) is 36.5 Å². The molecule has 0 amide bonds. The monoisotopic (exact) mass is 234 g/mol. The van der Waals surface area contributed by atoms with Gasteiger partial charge in [-0.1, -0.05) is 26.0 Å². The van der Waals surface area contributed by atoms with Crippen LogP contribution in [0.4, 0.5) is 0 Å². The standard InChI is InChI=1S/C14H22N2O/c1-4-5-9-17-14-13(7-6-8-16-14)11-15-10-12(2)3/h4,6-8,12,15H,1,5,9-11H2,2-3H3. The number of nitrogens with one attached hydrogen (secondary N) is 1. The summed E-state index contributed by atoms with van der Waals surface area (Å²) in [4.78, 5) is 4.25. The number of hydrogen-bond donors (Lipinski definition) is 1. The molecule has 0 aromatic carbocycles. The van der Waals surface area contributed by atoms with Crippen molar-refractivity contribution in [3.8, 4) is 5.88 Å². The van der Waals surface area contributed by atoms with E-state index in [1.165, 1.54) is 0 Å². The predicted octanol–water partition coefficient (Wildman–Crippen LogP) is 2.78. The average Bonchev–Trinajstić information content (AvgIpc) is 2.31. The Bertz CT molecular complexity index is 337. The lowest BCUT2D eigenvalue weighted by Gasteiger charge is -2.11. The molecule has 0 radical (unpaired) electrons. The molecule has 1 rings (SSSR count). The van der Waals surface area contributed by atoms with Crippen LogP contribution in [0.5, 0.6) is 5.88 Å². The maximum absolute atomic E-state index is 5.61. The highest BCUT2D eigenvalue weighted by Crippen LogP contribution is 2.14. The minimum atomic E-state index is 0.637. The molecule has 0 bridgehead atoms. The number of hydrogen-bond acceptors (Lipinski definition) is 3. The van der Waals surface area contributed by atoms with Crippen molar-refractivity contribution in [1.29, 1.82) is 0 Å². The Morgan fingerprint density at radius 1 is 1.53 bits per heavy atom. The minimum absolute atomic E-state index is 0.637. The predicted molar refractivity (Wildman–Crippen MR) is 71.1 cm³/mol. The number of rotatable bonds is 8. The van der Waals surface area contributed by atoms with Gasteiger partial charge >= 0.3 is 0 Å². The maximum atomic E-state index is 5.61. The molecular formula is C14H22N2O. The van der Waals surface area contributed by atoms with Crippen molar-refractivity contribution >= 4 is 0 Å². The third-order valence-corrected chi connectivity index (χ3v) is 2.28. The van der Waals surface area contributed by atoms with Gasteiger partial charge in [0.25, 0.3) is 0 Å². The van der Waals surface area contributed by atoms with Gasteiger partial charge in [-0.25, -0.2) is 4.98 Å². The third-order valence-electron chi connectivity index (χ3n) is 2.28. The van der Waals surface area contributed by atoms with Crippen molar-refractivity contribution < 1.29 is 4.74 Å². The molecule has 1 aromatic rings. The molecule has 3 heteroatoms. The zero-order valence-electron chi connectivity index (χ0n) is 10.8. The van der Waals surface area contributed by atoms with Crippen LogP contribution in [0.3, 0.4) is 0 Å². The molecule has 17 heavy (non-hydrogen) atoms.